The molecule has 3 rings (SSSR count). The highest BCUT2D eigenvalue weighted by Crippen LogP contribution is 2.21. The Morgan fingerprint density at radius 1 is 0.885 bits per heavy atom. The van der Waals surface area contributed by atoms with Crippen molar-refractivity contribution in [2.24, 2.45) is 0 Å². The summed E-state index contributed by atoms with van der Waals surface area (Å²) in [6.07, 6.45) is 3.11. The number of hydrogen-bond donors (Lipinski definition) is 0. The van der Waals surface area contributed by atoms with E-state index in [1.807, 2.05) is 0 Å². The van der Waals surface area contributed by atoms with Gasteiger partial charge in [0.15, 0.2) is 0 Å². The third-order valence-corrected chi connectivity index (χ3v) is 6.94. The van der Waals surface area contributed by atoms with Crippen molar-refractivity contribution in [1.82, 2.24) is 14.1 Å². The molecule has 8 heteroatoms. The molecule has 2 heterocycles. The molecule has 2 saturated heterocycles. The van der Waals surface area contributed by atoms with Crippen LogP contribution in [0.15, 0.2) is 29.2 Å². The number of benzene rings is 1. The summed E-state index contributed by atoms with van der Waals surface area (Å²) in [7, 11) is -3.67. The van der Waals surface area contributed by atoms with Gasteiger partial charge in [-0.25, -0.2) is 8.42 Å². The summed E-state index contributed by atoms with van der Waals surface area (Å²) >= 11 is 0. The maximum atomic E-state index is 12.9. The van der Waals surface area contributed by atoms with Gasteiger partial charge in [0.05, 0.1) is 4.90 Å². The number of likely N-dealkylation sites (tertiary alicyclic amines) is 1. The number of piperazine rings is 1. The molecule has 0 saturated carbocycles. The number of rotatable bonds is 3. The van der Waals surface area contributed by atoms with Gasteiger partial charge in [-0.2, -0.15) is 4.31 Å². The van der Waals surface area contributed by atoms with Crippen LogP contribution in [0.2, 0.25) is 0 Å². The van der Waals surface area contributed by atoms with Crippen molar-refractivity contribution in [2.75, 3.05) is 39.3 Å². The Kier molecular flexibility index (Phi) is 5.62. The lowest BCUT2D eigenvalue weighted by Crippen LogP contribution is -2.49. The van der Waals surface area contributed by atoms with Crippen molar-refractivity contribution in [3.63, 3.8) is 0 Å². The molecule has 142 valence electrons. The molecule has 0 aliphatic carbocycles. The van der Waals surface area contributed by atoms with Crippen LogP contribution >= 0.6 is 0 Å². The summed E-state index contributed by atoms with van der Waals surface area (Å²) in [6.45, 7) is 4.26. The second-order valence-corrected chi connectivity index (χ2v) is 8.73. The molecule has 0 radical (unpaired) electrons. The third-order valence-electron chi connectivity index (χ3n) is 5.05. The molecule has 2 aliphatic rings. The molecular weight excluding hydrogens is 354 g/mol. The second-order valence-electron chi connectivity index (χ2n) is 6.79. The van der Waals surface area contributed by atoms with Crippen molar-refractivity contribution < 1.29 is 18.0 Å². The Labute approximate surface area is 154 Å². The van der Waals surface area contributed by atoms with Gasteiger partial charge < -0.3 is 9.80 Å². The molecule has 0 aromatic heterocycles. The summed E-state index contributed by atoms with van der Waals surface area (Å²) in [5.41, 5.74) is 0.412. The number of piperidine rings is 1. The molecule has 0 N–H and O–H groups in total. The first-order valence-corrected chi connectivity index (χ1v) is 10.5. The van der Waals surface area contributed by atoms with Crippen LogP contribution in [-0.4, -0.2) is 73.6 Å². The minimum absolute atomic E-state index is 0.0452. The van der Waals surface area contributed by atoms with Gasteiger partial charge >= 0.3 is 0 Å². The fourth-order valence-electron chi connectivity index (χ4n) is 3.46. The Morgan fingerprint density at radius 3 is 2.15 bits per heavy atom. The van der Waals surface area contributed by atoms with Gasteiger partial charge in [-0.15, -0.1) is 0 Å². The van der Waals surface area contributed by atoms with Gasteiger partial charge in [-0.3, -0.25) is 9.59 Å². The number of amides is 2. The van der Waals surface area contributed by atoms with Gasteiger partial charge in [0.1, 0.15) is 0 Å². The van der Waals surface area contributed by atoms with Crippen molar-refractivity contribution in [1.29, 1.82) is 0 Å². The van der Waals surface area contributed by atoms with Crippen LogP contribution in [0.25, 0.3) is 0 Å². The highest BCUT2D eigenvalue weighted by Gasteiger charge is 2.30. The minimum atomic E-state index is -3.67. The summed E-state index contributed by atoms with van der Waals surface area (Å²) in [4.78, 5) is 27.6. The van der Waals surface area contributed by atoms with Gasteiger partial charge in [0.25, 0.3) is 5.91 Å². The lowest BCUT2D eigenvalue weighted by atomic mass is 10.1. The molecule has 1 aromatic carbocycles. The molecule has 1 aromatic rings. The van der Waals surface area contributed by atoms with Crippen molar-refractivity contribution in [3.05, 3.63) is 29.8 Å². The second kappa shape index (κ2) is 7.75. The zero-order valence-corrected chi connectivity index (χ0v) is 15.9. The maximum Gasteiger partial charge on any atom is 0.253 e. The zero-order chi connectivity index (χ0) is 18.7. The molecule has 0 unspecified atom stereocenters. The summed E-state index contributed by atoms with van der Waals surface area (Å²) in [5.74, 6) is -0.153. The minimum Gasteiger partial charge on any atom is -0.340 e. The molecule has 7 nitrogen and oxygen atoms in total. The normalized spacial score (nSPS) is 19.4. The Morgan fingerprint density at radius 2 is 1.54 bits per heavy atom. The van der Waals surface area contributed by atoms with E-state index in [0.717, 1.165) is 32.4 Å². The van der Waals surface area contributed by atoms with E-state index in [0.29, 0.717) is 18.7 Å². The van der Waals surface area contributed by atoms with Crippen molar-refractivity contribution in [2.45, 2.75) is 31.1 Å². The van der Waals surface area contributed by atoms with Crippen LogP contribution in [0.4, 0.5) is 0 Å². The van der Waals surface area contributed by atoms with Crippen molar-refractivity contribution >= 4 is 21.8 Å². The average molecular weight is 379 g/mol. The predicted octanol–water partition coefficient (Wildman–Crippen LogP) is 1.17. The van der Waals surface area contributed by atoms with Crippen LogP contribution in [0.1, 0.15) is 36.5 Å². The number of carbonyl (C=O) groups is 2. The highest BCUT2D eigenvalue weighted by atomic mass is 32.2. The largest absolute Gasteiger partial charge is 0.340 e. The Bertz CT molecular complexity index is 779. The number of carbonyl (C=O) groups excluding carboxylic acids is 2. The van der Waals surface area contributed by atoms with Gasteiger partial charge in [0.2, 0.25) is 15.9 Å². The van der Waals surface area contributed by atoms with Crippen LogP contribution in [0.3, 0.4) is 0 Å². The lowest BCUT2D eigenvalue weighted by Gasteiger charge is -2.33. The first-order valence-electron chi connectivity index (χ1n) is 9.04. The number of sulfonamides is 1. The van der Waals surface area contributed by atoms with E-state index >= 15 is 0 Å². The highest BCUT2D eigenvalue weighted by molar-refractivity contribution is 7.89. The van der Waals surface area contributed by atoms with E-state index < -0.39 is 10.0 Å². The Hall–Kier alpha value is -1.93. The number of nitrogens with zero attached hydrogens (tertiary/aromatic N) is 3. The maximum absolute atomic E-state index is 12.9. The van der Waals surface area contributed by atoms with E-state index in [1.165, 1.54) is 23.4 Å². The molecular formula is C18H25N3O4S. The van der Waals surface area contributed by atoms with Crippen LogP contribution in [0, 0.1) is 0 Å². The molecule has 0 atom stereocenters. The molecule has 0 spiro atoms. The average Bonchev–Trinajstić information content (AvgIpc) is 2.68. The lowest BCUT2D eigenvalue weighted by molar-refractivity contribution is -0.129. The van der Waals surface area contributed by atoms with E-state index in [9.17, 15) is 18.0 Å². The van der Waals surface area contributed by atoms with Crippen molar-refractivity contribution in [3.8, 4) is 0 Å². The standard InChI is InChI=1S/C18H25N3O4S/c1-15(22)19-10-12-21(13-11-19)26(24,25)17-7-5-6-16(14-17)18(23)20-8-3-2-4-9-20/h5-7,14H,2-4,8-13H2,1H3. The fourth-order valence-corrected chi connectivity index (χ4v) is 4.93. The quantitative estimate of drug-likeness (QED) is 0.790. The smallest absolute Gasteiger partial charge is 0.253 e. The van der Waals surface area contributed by atoms with E-state index in [-0.39, 0.29) is 29.8 Å². The molecule has 2 fully saturated rings. The first-order chi connectivity index (χ1) is 12.4. The molecule has 0 bridgehead atoms. The predicted molar refractivity (Wildman–Crippen MR) is 97.2 cm³/mol. The summed E-state index contributed by atoms with van der Waals surface area (Å²) in [6, 6.07) is 6.29. The van der Waals surface area contributed by atoms with Gasteiger partial charge in [-0.05, 0) is 37.5 Å². The SMILES string of the molecule is CC(=O)N1CCN(S(=O)(=O)c2cccc(C(=O)N3CCCCC3)c2)CC1. The van der Waals surface area contributed by atoms with E-state index in [1.54, 1.807) is 21.9 Å². The van der Waals surface area contributed by atoms with Gasteiger partial charge in [0, 0.05) is 51.8 Å². The van der Waals surface area contributed by atoms with E-state index in [2.05, 4.69) is 0 Å². The summed E-state index contributed by atoms with van der Waals surface area (Å²) in [5, 5.41) is 0. The van der Waals surface area contributed by atoms with Crippen LogP contribution < -0.4 is 0 Å². The molecule has 26 heavy (non-hydrogen) atoms. The monoisotopic (exact) mass is 379 g/mol. The fraction of sp³-hybridized carbons (Fsp3) is 0.556. The number of hydrogen-bond acceptors (Lipinski definition) is 4. The third kappa shape index (κ3) is 3.91. The van der Waals surface area contributed by atoms with Crippen LogP contribution in [0.5, 0.6) is 0 Å². The first kappa shape index (κ1) is 18.8. The Balaban J connectivity index is 1.76. The van der Waals surface area contributed by atoms with Gasteiger partial charge in [-0.1, -0.05) is 6.07 Å². The summed E-state index contributed by atoms with van der Waals surface area (Å²) < 4.78 is 27.2. The topological polar surface area (TPSA) is 78.0 Å². The molecule has 2 amide bonds. The van der Waals surface area contributed by atoms with E-state index in [4.69, 9.17) is 0 Å². The van der Waals surface area contributed by atoms with Crippen LogP contribution in [-0.2, 0) is 14.8 Å². The zero-order valence-electron chi connectivity index (χ0n) is 15.1. The molecule has 2 aliphatic heterocycles.